The molecule has 0 radical (unpaired) electrons. The van der Waals surface area contributed by atoms with E-state index in [4.69, 9.17) is 18.9 Å². The minimum absolute atomic E-state index is 0.248. The van der Waals surface area contributed by atoms with E-state index in [-0.39, 0.29) is 17.4 Å². The Labute approximate surface area is 294 Å². The van der Waals surface area contributed by atoms with Crippen molar-refractivity contribution in [2.45, 2.75) is 25.7 Å². The first-order valence-corrected chi connectivity index (χ1v) is 16.2. The van der Waals surface area contributed by atoms with Gasteiger partial charge in [0.25, 0.3) is 5.91 Å². The minimum Gasteiger partial charge on any atom is -0.497 e. The van der Waals surface area contributed by atoms with Crippen molar-refractivity contribution >= 4 is 41.4 Å². The topological polar surface area (TPSA) is 126 Å². The van der Waals surface area contributed by atoms with Crippen LogP contribution in [0.4, 0.5) is 10.1 Å². The molecule has 0 spiro atoms. The summed E-state index contributed by atoms with van der Waals surface area (Å²) in [5.74, 6) is -2.18. The van der Waals surface area contributed by atoms with E-state index in [9.17, 15) is 28.4 Å². The molecular weight excluding hydrogens is 657 g/mol. The number of hydrogen-bond donors (Lipinski definition) is 0. The molecule has 0 N–H and O–H groups in total. The van der Waals surface area contributed by atoms with Crippen molar-refractivity contribution in [1.29, 1.82) is 0 Å². The summed E-state index contributed by atoms with van der Waals surface area (Å²) < 4.78 is 34.6. The highest BCUT2D eigenvalue weighted by molar-refractivity contribution is 6.07. The summed E-state index contributed by atoms with van der Waals surface area (Å²) in [5, 5.41) is 0. The number of nitrogens with zero attached hydrogens (tertiary/aromatic N) is 1. The van der Waals surface area contributed by atoms with Crippen LogP contribution in [0, 0.1) is 17.7 Å². The van der Waals surface area contributed by atoms with Gasteiger partial charge in [-0.3, -0.25) is 19.2 Å². The van der Waals surface area contributed by atoms with E-state index < -0.39 is 35.6 Å². The van der Waals surface area contributed by atoms with Crippen LogP contribution in [-0.2, 0) is 14.3 Å². The molecule has 51 heavy (non-hydrogen) atoms. The molecule has 1 aliphatic rings. The van der Waals surface area contributed by atoms with Crippen molar-refractivity contribution in [3.05, 3.63) is 125 Å². The Balaban J connectivity index is 1.13. The fourth-order valence-corrected chi connectivity index (χ4v) is 5.62. The van der Waals surface area contributed by atoms with Crippen LogP contribution in [0.5, 0.6) is 17.2 Å². The maximum absolute atomic E-state index is 13.3. The number of hydrogen-bond acceptors (Lipinski definition) is 9. The number of rotatable bonds is 11. The van der Waals surface area contributed by atoms with Crippen LogP contribution >= 0.6 is 0 Å². The lowest BCUT2D eigenvalue weighted by Gasteiger charge is -2.26. The number of anilines is 1. The first-order valence-electron chi connectivity index (χ1n) is 16.2. The monoisotopic (exact) mass is 693 g/mol. The summed E-state index contributed by atoms with van der Waals surface area (Å²) in [7, 11) is 4.40. The van der Waals surface area contributed by atoms with Crippen molar-refractivity contribution in [3.63, 3.8) is 0 Å². The predicted octanol–water partition coefficient (Wildman–Crippen LogP) is 7.11. The van der Waals surface area contributed by atoms with Crippen LogP contribution in [-0.4, -0.2) is 50.9 Å². The number of ketones is 1. The summed E-state index contributed by atoms with van der Waals surface area (Å²) in [6.45, 7) is 0. The Kier molecular flexibility index (Phi) is 11.7. The smallest absolute Gasteiger partial charge is 0.337 e. The second-order valence-corrected chi connectivity index (χ2v) is 11.9. The lowest BCUT2D eigenvalue weighted by Crippen LogP contribution is -2.30. The van der Waals surface area contributed by atoms with Gasteiger partial charge < -0.3 is 23.8 Å². The van der Waals surface area contributed by atoms with Gasteiger partial charge >= 0.3 is 17.9 Å². The minimum atomic E-state index is -0.493. The molecule has 1 aliphatic carbocycles. The molecule has 0 atom stereocenters. The predicted molar refractivity (Wildman–Crippen MR) is 186 cm³/mol. The highest BCUT2D eigenvalue weighted by Crippen LogP contribution is 2.33. The molecule has 0 bridgehead atoms. The number of ether oxygens (including phenoxy) is 4. The molecule has 0 saturated heterocycles. The van der Waals surface area contributed by atoms with E-state index in [2.05, 4.69) is 0 Å². The average Bonchev–Trinajstić information content (AvgIpc) is 3.17. The molecule has 0 heterocycles. The first-order chi connectivity index (χ1) is 24.6. The van der Waals surface area contributed by atoms with Crippen molar-refractivity contribution in [2.75, 3.05) is 26.2 Å². The Bertz CT molecular complexity index is 1930. The first kappa shape index (κ1) is 36.2. The molecule has 0 unspecified atom stereocenters. The third kappa shape index (κ3) is 9.13. The molecule has 0 aromatic heterocycles. The molecule has 10 nitrogen and oxygen atoms in total. The van der Waals surface area contributed by atoms with Gasteiger partial charge in [0.1, 0.15) is 23.1 Å². The summed E-state index contributed by atoms with van der Waals surface area (Å²) in [5.41, 5.74) is 2.06. The normalized spacial score (nSPS) is 15.5. The number of carbonyl (C=O) groups is 5. The van der Waals surface area contributed by atoms with Gasteiger partial charge in [-0.2, -0.15) is 0 Å². The standard InChI is InChI=1S/C40H36FNO9/c1-42(37(44)26-4-6-27(7-5-26)38(45)49-3)32-17-19-33(20-18-32)50-39(46)28-8-10-29(11-9-28)40(47)51-36-23-21-34(48-2)24-30(36)14-22-35(43)25-12-15-31(41)16-13-25/h4-7,12-24,28-29H,8-11H2,1-3H3/b22-14+. The van der Waals surface area contributed by atoms with E-state index in [1.165, 1.54) is 67.7 Å². The zero-order valence-electron chi connectivity index (χ0n) is 28.3. The number of methoxy groups -OCH3 is 2. The Hall–Kier alpha value is -6.10. The molecule has 5 rings (SSSR count). The van der Waals surface area contributed by atoms with Gasteiger partial charge in [0.05, 0.1) is 31.6 Å². The lowest BCUT2D eigenvalue weighted by molar-refractivity contribution is -0.145. The van der Waals surface area contributed by atoms with Crippen LogP contribution in [0.2, 0.25) is 0 Å². The summed E-state index contributed by atoms with van der Waals surface area (Å²) in [4.78, 5) is 64.8. The summed E-state index contributed by atoms with van der Waals surface area (Å²) in [6.07, 6.45) is 4.55. The summed E-state index contributed by atoms with van der Waals surface area (Å²) >= 11 is 0. The van der Waals surface area contributed by atoms with E-state index >= 15 is 0 Å². The molecule has 1 fully saturated rings. The highest BCUT2D eigenvalue weighted by atomic mass is 19.1. The molecule has 4 aromatic carbocycles. The zero-order valence-corrected chi connectivity index (χ0v) is 28.3. The van der Waals surface area contributed by atoms with Crippen molar-refractivity contribution < 1.29 is 47.3 Å². The van der Waals surface area contributed by atoms with Crippen molar-refractivity contribution in [2.24, 2.45) is 11.8 Å². The van der Waals surface area contributed by atoms with E-state index in [1.54, 1.807) is 61.6 Å². The van der Waals surface area contributed by atoms with Gasteiger partial charge in [0, 0.05) is 29.4 Å². The number of allylic oxidation sites excluding steroid dienone is 1. The second-order valence-electron chi connectivity index (χ2n) is 11.9. The Morgan fingerprint density at radius 3 is 1.82 bits per heavy atom. The van der Waals surface area contributed by atoms with Gasteiger partial charge in [-0.05, 0) is 129 Å². The molecule has 262 valence electrons. The largest absolute Gasteiger partial charge is 0.497 e. The number of carbonyl (C=O) groups excluding carboxylic acids is 5. The van der Waals surface area contributed by atoms with Gasteiger partial charge in [0.15, 0.2) is 5.78 Å². The van der Waals surface area contributed by atoms with Crippen molar-refractivity contribution in [1.82, 2.24) is 0 Å². The molecule has 11 heteroatoms. The average molecular weight is 694 g/mol. The molecule has 1 saturated carbocycles. The van der Waals surface area contributed by atoms with Crippen molar-refractivity contribution in [3.8, 4) is 17.2 Å². The zero-order chi connectivity index (χ0) is 36.5. The molecule has 0 aliphatic heterocycles. The maximum atomic E-state index is 13.3. The van der Waals surface area contributed by atoms with Gasteiger partial charge in [0.2, 0.25) is 0 Å². The van der Waals surface area contributed by atoms with Gasteiger partial charge in [-0.1, -0.05) is 0 Å². The van der Waals surface area contributed by atoms with Crippen LogP contribution in [0.3, 0.4) is 0 Å². The number of benzene rings is 4. The third-order valence-corrected chi connectivity index (χ3v) is 8.66. The number of esters is 3. The SMILES string of the molecule is COC(=O)c1ccc(C(=O)N(C)c2ccc(OC(=O)C3CCC(C(=O)Oc4ccc(OC)cc4/C=C/C(=O)c4ccc(F)cc4)CC3)cc2)cc1. The quantitative estimate of drug-likeness (QED) is 0.0699. The van der Waals surface area contributed by atoms with Crippen LogP contribution < -0.4 is 19.1 Å². The second kappa shape index (κ2) is 16.5. The highest BCUT2D eigenvalue weighted by Gasteiger charge is 2.32. The van der Waals surface area contributed by atoms with E-state index in [0.717, 1.165) is 0 Å². The Morgan fingerprint density at radius 2 is 1.24 bits per heavy atom. The van der Waals surface area contributed by atoms with E-state index in [0.29, 0.717) is 65.1 Å². The van der Waals surface area contributed by atoms with Gasteiger partial charge in [-0.25, -0.2) is 9.18 Å². The Morgan fingerprint density at radius 1 is 0.686 bits per heavy atom. The molecule has 4 aromatic rings. The number of halogens is 1. The van der Waals surface area contributed by atoms with E-state index in [1.807, 2.05) is 0 Å². The number of amides is 1. The third-order valence-electron chi connectivity index (χ3n) is 8.66. The molecular formula is C40H36FNO9. The maximum Gasteiger partial charge on any atom is 0.337 e. The van der Waals surface area contributed by atoms with Gasteiger partial charge in [-0.15, -0.1) is 0 Å². The fourth-order valence-electron chi connectivity index (χ4n) is 5.62. The van der Waals surface area contributed by atoms with Crippen LogP contribution in [0.1, 0.15) is 62.3 Å². The lowest BCUT2D eigenvalue weighted by atomic mass is 9.82. The fraction of sp³-hybridized carbons (Fsp3) is 0.225. The van der Waals surface area contributed by atoms with Crippen LogP contribution in [0.25, 0.3) is 6.08 Å². The van der Waals surface area contributed by atoms with Crippen LogP contribution in [0.15, 0.2) is 97.1 Å². The molecule has 1 amide bonds. The summed E-state index contributed by atoms with van der Waals surface area (Å²) in [6, 6.07) is 22.7.